The first-order chi connectivity index (χ1) is 10.1. The van der Waals surface area contributed by atoms with Crippen LogP contribution in [0.5, 0.6) is 5.75 Å². The molecular formula is C17H15NO3. The zero-order chi connectivity index (χ0) is 14.8. The Morgan fingerprint density at radius 2 is 1.90 bits per heavy atom. The molecule has 106 valence electrons. The van der Waals surface area contributed by atoms with Gasteiger partial charge in [0.2, 0.25) is 5.89 Å². The molecule has 3 aromatic rings. The number of fused-ring (bicyclic) bond motifs is 1. The summed E-state index contributed by atoms with van der Waals surface area (Å²) in [5, 5.41) is 0. The molecule has 0 aliphatic carbocycles. The zero-order valence-electron chi connectivity index (χ0n) is 11.9. The number of rotatable bonds is 3. The molecule has 21 heavy (non-hydrogen) atoms. The van der Waals surface area contributed by atoms with Crippen molar-refractivity contribution in [2.45, 2.75) is 13.8 Å². The van der Waals surface area contributed by atoms with E-state index in [-0.39, 0.29) is 11.9 Å². The maximum Gasteiger partial charge on any atom is 0.313 e. The zero-order valence-corrected chi connectivity index (χ0v) is 11.9. The van der Waals surface area contributed by atoms with Gasteiger partial charge in [0.1, 0.15) is 11.3 Å². The molecule has 2 aromatic carbocycles. The smallest absolute Gasteiger partial charge is 0.313 e. The van der Waals surface area contributed by atoms with Crippen molar-refractivity contribution in [1.82, 2.24) is 4.98 Å². The number of oxazole rings is 1. The van der Waals surface area contributed by atoms with E-state index in [1.54, 1.807) is 32.0 Å². The van der Waals surface area contributed by atoms with E-state index in [9.17, 15) is 4.79 Å². The van der Waals surface area contributed by atoms with Crippen molar-refractivity contribution in [2.75, 3.05) is 0 Å². The van der Waals surface area contributed by atoms with Crippen LogP contribution in [0.15, 0.2) is 52.9 Å². The van der Waals surface area contributed by atoms with E-state index in [1.165, 1.54) is 0 Å². The lowest BCUT2D eigenvalue weighted by Crippen LogP contribution is -2.14. The molecule has 0 saturated heterocycles. The van der Waals surface area contributed by atoms with Crippen LogP contribution < -0.4 is 4.74 Å². The Labute approximate surface area is 122 Å². The molecule has 4 heteroatoms. The third-order valence-electron chi connectivity index (χ3n) is 3.07. The van der Waals surface area contributed by atoms with Crippen molar-refractivity contribution in [1.29, 1.82) is 0 Å². The lowest BCUT2D eigenvalue weighted by Gasteiger charge is -2.05. The van der Waals surface area contributed by atoms with E-state index < -0.39 is 0 Å². The summed E-state index contributed by atoms with van der Waals surface area (Å²) in [5.74, 6) is 0.586. The molecule has 0 unspecified atom stereocenters. The van der Waals surface area contributed by atoms with Gasteiger partial charge in [-0.3, -0.25) is 4.79 Å². The van der Waals surface area contributed by atoms with Gasteiger partial charge in [0, 0.05) is 11.6 Å². The first-order valence-corrected chi connectivity index (χ1v) is 6.81. The number of aromatic nitrogens is 1. The van der Waals surface area contributed by atoms with Crippen LogP contribution in [0.1, 0.15) is 13.8 Å². The quantitative estimate of drug-likeness (QED) is 0.536. The fourth-order valence-electron chi connectivity index (χ4n) is 1.91. The van der Waals surface area contributed by atoms with Gasteiger partial charge in [0.05, 0.1) is 5.92 Å². The Hall–Kier alpha value is -2.62. The summed E-state index contributed by atoms with van der Waals surface area (Å²) in [7, 11) is 0. The van der Waals surface area contributed by atoms with E-state index in [4.69, 9.17) is 9.15 Å². The minimum Gasteiger partial charge on any atom is -0.436 e. The molecule has 0 atom stereocenters. The molecule has 0 saturated carbocycles. The predicted octanol–water partition coefficient (Wildman–Crippen LogP) is 4.06. The molecule has 0 N–H and O–H groups in total. The summed E-state index contributed by atoms with van der Waals surface area (Å²) in [6, 6.07) is 14.9. The molecule has 0 aliphatic rings. The number of carbonyl (C=O) groups excluding carboxylic acids is 1. The SMILES string of the molecule is CC(C)C(=O)Oc1ccc2nc(-c3ccccc3)oc2c1. The number of ether oxygens (including phenoxy) is 1. The molecule has 0 aliphatic heterocycles. The molecule has 0 fully saturated rings. The van der Waals surface area contributed by atoms with Gasteiger partial charge in [-0.05, 0) is 24.3 Å². The summed E-state index contributed by atoms with van der Waals surface area (Å²) >= 11 is 0. The number of nitrogens with zero attached hydrogens (tertiary/aromatic N) is 1. The van der Waals surface area contributed by atoms with Gasteiger partial charge in [0.25, 0.3) is 0 Å². The fourth-order valence-corrected chi connectivity index (χ4v) is 1.91. The second-order valence-electron chi connectivity index (χ2n) is 5.09. The summed E-state index contributed by atoms with van der Waals surface area (Å²) in [4.78, 5) is 16.0. The molecule has 4 nitrogen and oxygen atoms in total. The van der Waals surface area contributed by atoms with E-state index in [0.717, 1.165) is 11.1 Å². The van der Waals surface area contributed by atoms with Gasteiger partial charge < -0.3 is 9.15 Å². The monoisotopic (exact) mass is 281 g/mol. The van der Waals surface area contributed by atoms with Crippen molar-refractivity contribution in [3.63, 3.8) is 0 Å². The Kier molecular flexibility index (Phi) is 3.44. The average Bonchev–Trinajstić information content (AvgIpc) is 2.91. The first-order valence-electron chi connectivity index (χ1n) is 6.81. The highest BCUT2D eigenvalue weighted by atomic mass is 16.5. The van der Waals surface area contributed by atoms with Crippen molar-refractivity contribution in [2.24, 2.45) is 5.92 Å². The van der Waals surface area contributed by atoms with E-state index in [0.29, 0.717) is 17.2 Å². The number of hydrogen-bond donors (Lipinski definition) is 0. The maximum absolute atomic E-state index is 11.6. The number of hydrogen-bond acceptors (Lipinski definition) is 4. The minimum atomic E-state index is -0.267. The molecule has 0 amide bonds. The third kappa shape index (κ3) is 2.79. The van der Waals surface area contributed by atoms with Gasteiger partial charge in [-0.2, -0.15) is 0 Å². The largest absolute Gasteiger partial charge is 0.436 e. The van der Waals surface area contributed by atoms with Crippen molar-refractivity contribution < 1.29 is 13.9 Å². The van der Waals surface area contributed by atoms with Gasteiger partial charge in [0.15, 0.2) is 5.58 Å². The lowest BCUT2D eigenvalue weighted by atomic mass is 10.2. The maximum atomic E-state index is 11.6. The standard InChI is InChI=1S/C17H15NO3/c1-11(2)17(19)20-13-8-9-14-15(10-13)21-16(18-14)12-6-4-3-5-7-12/h3-11H,1-2H3. The molecule has 1 aromatic heterocycles. The normalized spacial score (nSPS) is 11.0. The van der Waals surface area contributed by atoms with Crippen LogP contribution in [-0.2, 0) is 4.79 Å². The average molecular weight is 281 g/mol. The van der Waals surface area contributed by atoms with Gasteiger partial charge in [-0.25, -0.2) is 4.98 Å². The van der Waals surface area contributed by atoms with Gasteiger partial charge in [-0.15, -0.1) is 0 Å². The number of carbonyl (C=O) groups is 1. The van der Waals surface area contributed by atoms with Gasteiger partial charge >= 0.3 is 5.97 Å². The Bertz CT molecular complexity index is 775. The van der Waals surface area contributed by atoms with E-state index in [2.05, 4.69) is 4.98 Å². The Balaban J connectivity index is 1.94. The van der Waals surface area contributed by atoms with Crippen LogP contribution in [0, 0.1) is 5.92 Å². The first kappa shape index (κ1) is 13.4. The minimum absolute atomic E-state index is 0.171. The topological polar surface area (TPSA) is 52.3 Å². The van der Waals surface area contributed by atoms with Crippen LogP contribution in [0.2, 0.25) is 0 Å². The second kappa shape index (κ2) is 5.40. The molecule has 0 bridgehead atoms. The molecule has 0 spiro atoms. The molecular weight excluding hydrogens is 266 g/mol. The highest BCUT2D eigenvalue weighted by molar-refractivity contribution is 5.80. The number of esters is 1. The molecule has 0 radical (unpaired) electrons. The van der Waals surface area contributed by atoms with Crippen molar-refractivity contribution in [3.05, 3.63) is 48.5 Å². The van der Waals surface area contributed by atoms with Crippen molar-refractivity contribution >= 4 is 17.1 Å². The molecule has 3 rings (SSSR count). The van der Waals surface area contributed by atoms with Crippen LogP contribution in [-0.4, -0.2) is 11.0 Å². The highest BCUT2D eigenvalue weighted by Gasteiger charge is 2.12. The van der Waals surface area contributed by atoms with Crippen LogP contribution >= 0.6 is 0 Å². The van der Waals surface area contributed by atoms with Gasteiger partial charge in [-0.1, -0.05) is 32.0 Å². The van der Waals surface area contributed by atoms with Crippen LogP contribution in [0.4, 0.5) is 0 Å². The summed E-state index contributed by atoms with van der Waals surface area (Å²) in [6.07, 6.45) is 0. The van der Waals surface area contributed by atoms with Crippen LogP contribution in [0.25, 0.3) is 22.6 Å². The van der Waals surface area contributed by atoms with E-state index in [1.807, 2.05) is 30.3 Å². The Morgan fingerprint density at radius 3 is 2.62 bits per heavy atom. The molecule has 1 heterocycles. The number of benzene rings is 2. The fraction of sp³-hybridized carbons (Fsp3) is 0.176. The predicted molar refractivity (Wildman–Crippen MR) is 79.9 cm³/mol. The second-order valence-corrected chi connectivity index (χ2v) is 5.09. The summed E-state index contributed by atoms with van der Waals surface area (Å²) in [6.45, 7) is 3.59. The third-order valence-corrected chi connectivity index (χ3v) is 3.07. The van der Waals surface area contributed by atoms with Crippen molar-refractivity contribution in [3.8, 4) is 17.2 Å². The summed E-state index contributed by atoms with van der Waals surface area (Å²) < 4.78 is 11.0. The summed E-state index contributed by atoms with van der Waals surface area (Å²) in [5.41, 5.74) is 2.25. The highest BCUT2D eigenvalue weighted by Crippen LogP contribution is 2.27. The van der Waals surface area contributed by atoms with E-state index >= 15 is 0 Å². The van der Waals surface area contributed by atoms with Crippen LogP contribution in [0.3, 0.4) is 0 Å². The Morgan fingerprint density at radius 1 is 1.14 bits per heavy atom. The lowest BCUT2D eigenvalue weighted by molar-refractivity contribution is -0.137.